The minimum absolute atomic E-state index is 0.361. The monoisotopic (exact) mass is 224 g/mol. The molecule has 0 heterocycles. The van der Waals surface area contributed by atoms with Crippen molar-refractivity contribution < 1.29 is 13.6 Å². The van der Waals surface area contributed by atoms with E-state index in [2.05, 4.69) is 17.5 Å². The Hall–Kier alpha value is 0.0700. The van der Waals surface area contributed by atoms with Gasteiger partial charge < -0.3 is 0 Å². The van der Waals surface area contributed by atoms with Crippen LogP contribution in [0.4, 0.5) is 0 Å². The predicted molar refractivity (Wildman–Crippen MR) is 56.9 cm³/mol. The fraction of sp³-hybridized carbons (Fsp3) is 1.00. The zero-order valence-electron chi connectivity index (χ0n) is 9.21. The standard InChI is InChI=1S/C8H21N2O3P/c1-4-7-8-9-10-14(11,12-5-2)13-6-3/h9H,4-8H2,1-3H3,(H,10,11). The molecule has 86 valence electrons. The van der Waals surface area contributed by atoms with Gasteiger partial charge in [0.05, 0.1) is 13.2 Å². The summed E-state index contributed by atoms with van der Waals surface area (Å²) in [7, 11) is -3.12. The van der Waals surface area contributed by atoms with Gasteiger partial charge in [0.25, 0.3) is 0 Å². The molecule has 0 saturated heterocycles. The third-order valence-electron chi connectivity index (χ3n) is 1.47. The van der Waals surface area contributed by atoms with Crippen molar-refractivity contribution in [3.05, 3.63) is 0 Å². The molecule has 0 atom stereocenters. The molecular formula is C8H21N2O3P. The number of unbranched alkanes of at least 4 members (excludes halogenated alkanes) is 1. The highest BCUT2D eigenvalue weighted by Crippen LogP contribution is 2.42. The molecule has 0 aromatic carbocycles. The van der Waals surface area contributed by atoms with Crippen molar-refractivity contribution >= 4 is 7.75 Å². The zero-order valence-corrected chi connectivity index (χ0v) is 10.1. The van der Waals surface area contributed by atoms with Crippen LogP contribution in [0.1, 0.15) is 33.6 Å². The molecule has 0 aromatic rings. The Balaban J connectivity index is 3.78. The van der Waals surface area contributed by atoms with E-state index in [1.54, 1.807) is 13.8 Å². The van der Waals surface area contributed by atoms with Gasteiger partial charge in [0.1, 0.15) is 0 Å². The van der Waals surface area contributed by atoms with Crippen molar-refractivity contribution in [3.63, 3.8) is 0 Å². The molecule has 0 rings (SSSR count). The van der Waals surface area contributed by atoms with Gasteiger partial charge in [0.15, 0.2) is 0 Å². The molecule has 6 heteroatoms. The summed E-state index contributed by atoms with van der Waals surface area (Å²) >= 11 is 0. The van der Waals surface area contributed by atoms with E-state index in [4.69, 9.17) is 9.05 Å². The first kappa shape index (κ1) is 14.1. The summed E-state index contributed by atoms with van der Waals surface area (Å²) < 4.78 is 21.8. The van der Waals surface area contributed by atoms with Gasteiger partial charge in [-0.25, -0.2) is 9.99 Å². The third-order valence-corrected chi connectivity index (χ3v) is 3.10. The lowest BCUT2D eigenvalue weighted by atomic mass is 10.3. The maximum Gasteiger partial charge on any atom is 0.418 e. The number of nitrogens with one attached hydrogen (secondary N) is 2. The molecule has 0 aliphatic heterocycles. The second-order valence-corrected chi connectivity index (χ2v) is 4.46. The van der Waals surface area contributed by atoms with Crippen molar-refractivity contribution in [3.8, 4) is 0 Å². The SMILES string of the molecule is CCCCNNP(=O)(OCC)OCC. The Morgan fingerprint density at radius 1 is 1.14 bits per heavy atom. The zero-order chi connectivity index (χ0) is 10.9. The Morgan fingerprint density at radius 2 is 1.71 bits per heavy atom. The molecular weight excluding hydrogens is 203 g/mol. The predicted octanol–water partition coefficient (Wildman–Crippen LogP) is 2.06. The summed E-state index contributed by atoms with van der Waals surface area (Å²) in [6.07, 6.45) is 2.10. The average Bonchev–Trinajstić information content (AvgIpc) is 2.13. The van der Waals surface area contributed by atoms with E-state index < -0.39 is 7.75 Å². The summed E-state index contributed by atoms with van der Waals surface area (Å²) in [4.78, 5) is 0. The van der Waals surface area contributed by atoms with Crippen molar-refractivity contribution in [1.29, 1.82) is 0 Å². The highest BCUT2D eigenvalue weighted by Gasteiger charge is 2.22. The Labute approximate surface area is 86.1 Å². The number of hydrazine groups is 1. The lowest BCUT2D eigenvalue weighted by molar-refractivity contribution is 0.206. The van der Waals surface area contributed by atoms with E-state index in [1.165, 1.54) is 0 Å². The van der Waals surface area contributed by atoms with Gasteiger partial charge in [0.2, 0.25) is 0 Å². The molecule has 0 aliphatic rings. The molecule has 0 saturated carbocycles. The van der Waals surface area contributed by atoms with E-state index in [9.17, 15) is 4.57 Å². The maximum absolute atomic E-state index is 11.8. The van der Waals surface area contributed by atoms with E-state index in [0.29, 0.717) is 13.2 Å². The van der Waals surface area contributed by atoms with E-state index in [-0.39, 0.29) is 0 Å². The summed E-state index contributed by atoms with van der Waals surface area (Å²) in [6.45, 7) is 7.12. The largest absolute Gasteiger partial charge is 0.418 e. The highest BCUT2D eigenvalue weighted by molar-refractivity contribution is 7.51. The molecule has 0 unspecified atom stereocenters. The fourth-order valence-electron chi connectivity index (χ4n) is 0.860. The van der Waals surface area contributed by atoms with Crippen LogP contribution in [0.3, 0.4) is 0 Å². The second kappa shape index (κ2) is 8.38. The lowest BCUT2D eigenvalue weighted by Crippen LogP contribution is -2.31. The van der Waals surface area contributed by atoms with Crippen LogP contribution in [0.15, 0.2) is 0 Å². The normalized spacial score (nSPS) is 11.9. The molecule has 0 bridgehead atoms. The van der Waals surface area contributed by atoms with Crippen molar-refractivity contribution in [2.75, 3.05) is 19.8 Å². The first-order chi connectivity index (χ1) is 6.68. The van der Waals surface area contributed by atoms with Crippen LogP contribution in [0.2, 0.25) is 0 Å². The molecule has 14 heavy (non-hydrogen) atoms. The minimum Gasteiger partial charge on any atom is -0.296 e. The van der Waals surface area contributed by atoms with Crippen LogP contribution in [0.5, 0.6) is 0 Å². The van der Waals surface area contributed by atoms with Gasteiger partial charge in [-0.15, -0.1) is 0 Å². The van der Waals surface area contributed by atoms with Crippen LogP contribution < -0.4 is 10.6 Å². The Kier molecular flexibility index (Phi) is 8.43. The average molecular weight is 224 g/mol. The van der Waals surface area contributed by atoms with Gasteiger partial charge in [0, 0.05) is 6.54 Å². The highest BCUT2D eigenvalue weighted by atomic mass is 31.2. The second-order valence-electron chi connectivity index (χ2n) is 2.73. The number of rotatable bonds is 9. The first-order valence-electron chi connectivity index (χ1n) is 5.07. The van der Waals surface area contributed by atoms with Gasteiger partial charge in [-0.05, 0) is 20.3 Å². The lowest BCUT2D eigenvalue weighted by Gasteiger charge is -2.17. The van der Waals surface area contributed by atoms with Crippen LogP contribution >= 0.6 is 7.75 Å². The van der Waals surface area contributed by atoms with E-state index >= 15 is 0 Å². The molecule has 0 aliphatic carbocycles. The topological polar surface area (TPSA) is 59.6 Å². The molecule has 2 N–H and O–H groups in total. The number of hydrogen-bond acceptors (Lipinski definition) is 4. The van der Waals surface area contributed by atoms with Gasteiger partial charge >= 0.3 is 7.75 Å². The Bertz CT molecular complexity index is 168. The molecule has 5 nitrogen and oxygen atoms in total. The first-order valence-corrected chi connectivity index (χ1v) is 6.62. The van der Waals surface area contributed by atoms with Gasteiger partial charge in [-0.2, -0.15) is 5.20 Å². The van der Waals surface area contributed by atoms with E-state index in [0.717, 1.165) is 19.4 Å². The van der Waals surface area contributed by atoms with Crippen molar-refractivity contribution in [2.24, 2.45) is 0 Å². The molecule has 0 amide bonds. The summed E-state index contributed by atoms with van der Waals surface area (Å²) in [5.41, 5.74) is 2.83. The van der Waals surface area contributed by atoms with Crippen molar-refractivity contribution in [1.82, 2.24) is 10.6 Å². The van der Waals surface area contributed by atoms with Crippen molar-refractivity contribution in [2.45, 2.75) is 33.6 Å². The molecule has 0 spiro atoms. The maximum atomic E-state index is 11.8. The summed E-state index contributed by atoms with van der Waals surface area (Å²) in [5, 5.41) is 2.59. The summed E-state index contributed by atoms with van der Waals surface area (Å²) in [6, 6.07) is 0. The van der Waals surface area contributed by atoms with Gasteiger partial charge in [-0.1, -0.05) is 13.3 Å². The smallest absolute Gasteiger partial charge is 0.296 e. The quantitative estimate of drug-likeness (QED) is 0.356. The van der Waals surface area contributed by atoms with Crippen LogP contribution in [-0.2, 0) is 13.6 Å². The molecule has 0 aromatic heterocycles. The van der Waals surface area contributed by atoms with Gasteiger partial charge in [-0.3, -0.25) is 9.05 Å². The fourth-order valence-corrected chi connectivity index (χ4v) is 2.05. The molecule has 0 fully saturated rings. The third kappa shape index (κ3) is 6.51. The molecule has 0 radical (unpaired) electrons. The van der Waals surface area contributed by atoms with Crippen LogP contribution in [0.25, 0.3) is 0 Å². The van der Waals surface area contributed by atoms with E-state index in [1.807, 2.05) is 0 Å². The summed E-state index contributed by atoms with van der Waals surface area (Å²) in [5.74, 6) is 0. The number of hydrogen-bond donors (Lipinski definition) is 2. The van der Waals surface area contributed by atoms with Crippen LogP contribution in [0, 0.1) is 0 Å². The Morgan fingerprint density at radius 3 is 2.14 bits per heavy atom. The minimum atomic E-state index is -3.12. The van der Waals surface area contributed by atoms with Crippen LogP contribution in [-0.4, -0.2) is 19.8 Å².